The predicted octanol–water partition coefficient (Wildman–Crippen LogP) is 1.87. The Balaban J connectivity index is 2.40. The van der Waals surface area contributed by atoms with Crippen molar-refractivity contribution in [2.75, 3.05) is 20.8 Å². The molecule has 1 aromatic heterocycles. The Kier molecular flexibility index (Phi) is 5.14. The van der Waals surface area contributed by atoms with Gasteiger partial charge < -0.3 is 20.3 Å². The fourth-order valence-corrected chi connectivity index (χ4v) is 2.40. The van der Waals surface area contributed by atoms with Crippen molar-refractivity contribution in [2.45, 2.75) is 12.0 Å². The summed E-state index contributed by atoms with van der Waals surface area (Å²) in [6.07, 6.45) is 2.60. The third kappa shape index (κ3) is 3.15. The summed E-state index contributed by atoms with van der Waals surface area (Å²) < 4.78 is 10.6. The second kappa shape index (κ2) is 7.06. The average Bonchev–Trinajstić information content (AvgIpc) is 2.55. The van der Waals surface area contributed by atoms with Gasteiger partial charge in [0.2, 0.25) is 0 Å². The third-order valence-electron chi connectivity index (χ3n) is 3.50. The minimum absolute atomic E-state index is 0.264. The predicted molar refractivity (Wildman–Crippen MR) is 80.5 cm³/mol. The van der Waals surface area contributed by atoms with Crippen molar-refractivity contribution in [3.8, 4) is 11.5 Å². The molecular formula is C16H20N2O3. The van der Waals surface area contributed by atoms with Crippen LogP contribution in [0.2, 0.25) is 0 Å². The van der Waals surface area contributed by atoms with E-state index in [2.05, 4.69) is 4.98 Å². The number of aromatic nitrogens is 1. The molecule has 0 radical (unpaired) electrons. The highest BCUT2D eigenvalue weighted by Gasteiger charge is 2.25. The van der Waals surface area contributed by atoms with Gasteiger partial charge in [0.1, 0.15) is 0 Å². The maximum atomic E-state index is 10.7. The van der Waals surface area contributed by atoms with Crippen LogP contribution in [0.1, 0.15) is 23.1 Å². The number of aliphatic hydroxyl groups is 1. The van der Waals surface area contributed by atoms with Crippen molar-refractivity contribution >= 4 is 0 Å². The van der Waals surface area contributed by atoms with Gasteiger partial charge in [0.25, 0.3) is 0 Å². The lowest BCUT2D eigenvalue weighted by Gasteiger charge is -2.24. The summed E-state index contributed by atoms with van der Waals surface area (Å²) in [6.45, 7) is 0.299. The molecule has 0 fully saturated rings. The summed E-state index contributed by atoms with van der Waals surface area (Å²) in [6, 6.07) is 9.15. The van der Waals surface area contributed by atoms with Gasteiger partial charge >= 0.3 is 0 Å². The SMILES string of the molecule is COc1cccc(C(O)C(CN)c2cccnc2)c1OC. The molecule has 0 aliphatic carbocycles. The number of hydrogen-bond donors (Lipinski definition) is 2. The standard InChI is InChI=1S/C16H20N2O3/c1-20-14-7-3-6-12(16(14)21-2)15(19)13(9-17)11-5-4-8-18-10-11/h3-8,10,13,15,19H,9,17H2,1-2H3. The second-order valence-corrected chi connectivity index (χ2v) is 4.66. The minimum atomic E-state index is -0.802. The van der Waals surface area contributed by atoms with E-state index >= 15 is 0 Å². The van der Waals surface area contributed by atoms with Crippen LogP contribution >= 0.6 is 0 Å². The molecule has 0 aliphatic heterocycles. The van der Waals surface area contributed by atoms with Crippen LogP contribution in [-0.2, 0) is 0 Å². The van der Waals surface area contributed by atoms with Crippen molar-refractivity contribution in [3.05, 3.63) is 53.9 Å². The first-order valence-corrected chi connectivity index (χ1v) is 6.71. The van der Waals surface area contributed by atoms with Crippen LogP contribution in [0.5, 0.6) is 11.5 Å². The van der Waals surface area contributed by atoms with Crippen LogP contribution in [-0.4, -0.2) is 30.9 Å². The fourth-order valence-electron chi connectivity index (χ4n) is 2.40. The molecule has 2 atom stereocenters. The molecule has 0 saturated carbocycles. The van der Waals surface area contributed by atoms with Gasteiger partial charge in [0.15, 0.2) is 11.5 Å². The number of aliphatic hydroxyl groups excluding tert-OH is 1. The lowest BCUT2D eigenvalue weighted by Crippen LogP contribution is -2.20. The summed E-state index contributed by atoms with van der Waals surface area (Å²) >= 11 is 0. The summed E-state index contributed by atoms with van der Waals surface area (Å²) in [5.74, 6) is 0.838. The lowest BCUT2D eigenvalue weighted by atomic mass is 9.89. The number of pyridine rings is 1. The number of ether oxygens (including phenoxy) is 2. The highest BCUT2D eigenvalue weighted by atomic mass is 16.5. The number of hydrogen-bond acceptors (Lipinski definition) is 5. The number of methoxy groups -OCH3 is 2. The molecule has 112 valence electrons. The van der Waals surface area contributed by atoms with Gasteiger partial charge in [-0.2, -0.15) is 0 Å². The van der Waals surface area contributed by atoms with Gasteiger partial charge in [-0.1, -0.05) is 18.2 Å². The van der Waals surface area contributed by atoms with Crippen LogP contribution in [0.3, 0.4) is 0 Å². The van der Waals surface area contributed by atoms with E-state index in [1.165, 1.54) is 0 Å². The normalized spacial score (nSPS) is 13.5. The van der Waals surface area contributed by atoms with Crippen LogP contribution in [0, 0.1) is 0 Å². The van der Waals surface area contributed by atoms with Gasteiger partial charge in [-0.05, 0) is 17.7 Å². The van der Waals surface area contributed by atoms with Crippen molar-refractivity contribution in [1.82, 2.24) is 4.98 Å². The molecular weight excluding hydrogens is 268 g/mol. The molecule has 1 aromatic carbocycles. The Morgan fingerprint density at radius 2 is 2.00 bits per heavy atom. The van der Waals surface area contributed by atoms with E-state index in [0.717, 1.165) is 5.56 Å². The Bertz CT molecular complexity index is 575. The largest absolute Gasteiger partial charge is 0.493 e. The van der Waals surface area contributed by atoms with Gasteiger partial charge in [-0.3, -0.25) is 4.98 Å². The topological polar surface area (TPSA) is 77.6 Å². The summed E-state index contributed by atoms with van der Waals surface area (Å²) in [7, 11) is 3.12. The molecule has 0 aliphatic rings. The molecule has 2 unspecified atom stereocenters. The maximum absolute atomic E-state index is 10.7. The summed E-state index contributed by atoms with van der Waals surface area (Å²) in [5, 5.41) is 10.7. The molecule has 21 heavy (non-hydrogen) atoms. The van der Waals surface area contributed by atoms with E-state index in [4.69, 9.17) is 15.2 Å². The van der Waals surface area contributed by atoms with Gasteiger partial charge in [0.05, 0.1) is 20.3 Å². The van der Waals surface area contributed by atoms with Crippen molar-refractivity contribution in [1.29, 1.82) is 0 Å². The third-order valence-corrected chi connectivity index (χ3v) is 3.50. The minimum Gasteiger partial charge on any atom is -0.493 e. The number of para-hydroxylation sites is 1. The smallest absolute Gasteiger partial charge is 0.166 e. The van der Waals surface area contributed by atoms with Crippen molar-refractivity contribution in [2.24, 2.45) is 5.73 Å². The average molecular weight is 288 g/mol. The number of nitrogens with two attached hydrogens (primary N) is 1. The molecule has 0 saturated heterocycles. The van der Waals surface area contributed by atoms with Crippen molar-refractivity contribution < 1.29 is 14.6 Å². The van der Waals surface area contributed by atoms with Crippen LogP contribution in [0.15, 0.2) is 42.7 Å². The maximum Gasteiger partial charge on any atom is 0.166 e. The molecule has 2 aromatic rings. The lowest BCUT2D eigenvalue weighted by molar-refractivity contribution is 0.143. The van der Waals surface area contributed by atoms with Gasteiger partial charge in [-0.25, -0.2) is 0 Å². The fraction of sp³-hybridized carbons (Fsp3) is 0.312. The molecule has 1 heterocycles. The number of benzene rings is 1. The molecule has 0 spiro atoms. The zero-order valence-corrected chi connectivity index (χ0v) is 12.2. The van der Waals surface area contributed by atoms with Crippen LogP contribution in [0.4, 0.5) is 0 Å². The van der Waals surface area contributed by atoms with Crippen molar-refractivity contribution in [3.63, 3.8) is 0 Å². The van der Waals surface area contributed by atoms with E-state index in [-0.39, 0.29) is 5.92 Å². The Morgan fingerprint density at radius 1 is 1.19 bits per heavy atom. The van der Waals surface area contributed by atoms with E-state index in [1.54, 1.807) is 32.7 Å². The van der Waals surface area contributed by atoms with E-state index in [0.29, 0.717) is 23.6 Å². The number of rotatable bonds is 6. The van der Waals surface area contributed by atoms with Crippen LogP contribution in [0.25, 0.3) is 0 Å². The Morgan fingerprint density at radius 3 is 2.57 bits per heavy atom. The summed E-state index contributed by atoms with van der Waals surface area (Å²) in [5.41, 5.74) is 7.38. The highest BCUT2D eigenvalue weighted by molar-refractivity contribution is 5.48. The quantitative estimate of drug-likeness (QED) is 0.848. The Hall–Kier alpha value is -2.11. The molecule has 5 nitrogen and oxygen atoms in total. The van der Waals surface area contributed by atoms with E-state index < -0.39 is 6.10 Å². The van der Waals surface area contributed by atoms with E-state index in [1.807, 2.05) is 24.3 Å². The first-order valence-electron chi connectivity index (χ1n) is 6.71. The Labute approximate surface area is 124 Å². The summed E-state index contributed by atoms with van der Waals surface area (Å²) in [4.78, 5) is 4.08. The zero-order valence-electron chi connectivity index (χ0n) is 12.2. The monoisotopic (exact) mass is 288 g/mol. The number of nitrogens with zero attached hydrogens (tertiary/aromatic N) is 1. The molecule has 2 rings (SSSR count). The van der Waals surface area contributed by atoms with Gasteiger partial charge in [0, 0.05) is 30.4 Å². The second-order valence-electron chi connectivity index (χ2n) is 4.66. The van der Waals surface area contributed by atoms with Crippen LogP contribution < -0.4 is 15.2 Å². The first kappa shape index (κ1) is 15.3. The van der Waals surface area contributed by atoms with Gasteiger partial charge in [-0.15, -0.1) is 0 Å². The highest BCUT2D eigenvalue weighted by Crippen LogP contribution is 2.39. The molecule has 0 amide bonds. The van der Waals surface area contributed by atoms with E-state index in [9.17, 15) is 5.11 Å². The first-order chi connectivity index (χ1) is 10.2. The zero-order chi connectivity index (χ0) is 15.2. The molecule has 3 N–H and O–H groups in total. The molecule has 0 bridgehead atoms. The molecule has 5 heteroatoms.